The Morgan fingerprint density at radius 2 is 1.71 bits per heavy atom. The number of rotatable bonds is 12. The number of aliphatic hydroxyl groups excluding tert-OH is 2. The molecule has 0 heterocycles. The number of carbonyl (C=O) groups excluding carboxylic acids is 1. The number of ketones is 1. The highest BCUT2D eigenvalue weighted by molar-refractivity contribution is 7.57. The van der Waals surface area contributed by atoms with Crippen LogP contribution in [-0.4, -0.2) is 45.6 Å². The number of hydrogen-bond acceptors (Lipinski definition) is 6. The molecule has 2 N–H and O–H groups in total. The van der Waals surface area contributed by atoms with Crippen LogP contribution in [0.4, 0.5) is 0 Å². The number of aliphatic hydroxyl groups is 2. The lowest BCUT2D eigenvalue weighted by molar-refractivity contribution is -0.118. The highest BCUT2D eigenvalue weighted by atomic mass is 31.2. The Morgan fingerprint density at radius 3 is 2.29 bits per heavy atom. The van der Waals surface area contributed by atoms with Gasteiger partial charge in [0.1, 0.15) is 5.16 Å². The monoisotopic (exact) mass is 604 g/mol. The molecule has 6 nitrogen and oxygen atoms in total. The zero-order valence-corrected chi connectivity index (χ0v) is 28.3. The smallest absolute Gasteiger partial charge is 0.344 e. The van der Waals surface area contributed by atoms with E-state index < -0.39 is 25.0 Å². The van der Waals surface area contributed by atoms with E-state index in [-0.39, 0.29) is 29.3 Å². The van der Waals surface area contributed by atoms with E-state index in [0.717, 1.165) is 43.3 Å². The standard InChI is InChI=1S/C35H57O6P/c1-10-35(11-2,42(39,40-23(3)4)41-24(5)6)33(38)19-14-25(7)30-17-18-31-27(13-12-20-34(30,31)9)15-16-28-21-29(36)22-32(37)26(28)8/h14-16,19,23-25,29-32,36-37H,8,10-13,17-18,20-22H2,1-7,9H3/t25-,29-,30-,31?,32+,34-/m1/s1. The van der Waals surface area contributed by atoms with E-state index in [2.05, 4.69) is 32.6 Å². The number of carbonyl (C=O) groups is 1. The molecule has 3 fully saturated rings. The predicted molar refractivity (Wildman–Crippen MR) is 171 cm³/mol. The van der Waals surface area contributed by atoms with Gasteiger partial charge in [0.05, 0.1) is 24.4 Å². The van der Waals surface area contributed by atoms with Crippen LogP contribution in [0.25, 0.3) is 0 Å². The zero-order chi connectivity index (χ0) is 31.5. The molecule has 7 heteroatoms. The topological polar surface area (TPSA) is 93.1 Å². The summed E-state index contributed by atoms with van der Waals surface area (Å²) >= 11 is 0. The molecular formula is C35H57O6P. The number of allylic oxidation sites excluding steroid dienone is 5. The summed E-state index contributed by atoms with van der Waals surface area (Å²) in [7, 11) is -3.74. The summed E-state index contributed by atoms with van der Waals surface area (Å²) in [4.78, 5) is 13.9. The molecule has 0 bridgehead atoms. The Morgan fingerprint density at radius 1 is 1.10 bits per heavy atom. The second-order valence-electron chi connectivity index (χ2n) is 13.8. The SMILES string of the molecule is C=C1C(=CC=C2CCC[C@@]3(C)C2CC[C@@H]3[C@H](C)C=CC(=O)C(CC)(CC)P(=O)(OC(C)C)OC(C)C)C[C@@H](O)C[C@@H]1O. The zero-order valence-electron chi connectivity index (χ0n) is 27.4. The van der Waals surface area contributed by atoms with Crippen LogP contribution in [0.1, 0.15) is 113 Å². The molecule has 6 atom stereocenters. The molecule has 0 amide bonds. The third kappa shape index (κ3) is 7.15. The molecule has 238 valence electrons. The van der Waals surface area contributed by atoms with Gasteiger partial charge in [-0.1, -0.05) is 58.1 Å². The van der Waals surface area contributed by atoms with Crippen molar-refractivity contribution in [2.75, 3.05) is 0 Å². The summed E-state index contributed by atoms with van der Waals surface area (Å²) in [6.45, 7) is 19.8. The molecule has 0 spiro atoms. The van der Waals surface area contributed by atoms with Crippen molar-refractivity contribution < 1.29 is 28.6 Å². The van der Waals surface area contributed by atoms with Gasteiger partial charge in [0, 0.05) is 6.42 Å². The maximum Gasteiger partial charge on any atom is 0.344 e. The van der Waals surface area contributed by atoms with Crippen LogP contribution in [0.15, 0.2) is 47.6 Å². The van der Waals surface area contributed by atoms with Gasteiger partial charge in [0.25, 0.3) is 0 Å². The van der Waals surface area contributed by atoms with Crippen molar-refractivity contribution in [1.29, 1.82) is 0 Å². The number of fused-ring (bicyclic) bond motifs is 1. The van der Waals surface area contributed by atoms with Gasteiger partial charge in [-0.15, -0.1) is 0 Å². The van der Waals surface area contributed by atoms with Crippen molar-refractivity contribution >= 4 is 13.4 Å². The first-order valence-electron chi connectivity index (χ1n) is 16.3. The van der Waals surface area contributed by atoms with E-state index in [1.54, 1.807) is 6.08 Å². The van der Waals surface area contributed by atoms with Gasteiger partial charge < -0.3 is 19.3 Å². The van der Waals surface area contributed by atoms with Crippen LogP contribution in [0.3, 0.4) is 0 Å². The predicted octanol–water partition coefficient (Wildman–Crippen LogP) is 8.49. The van der Waals surface area contributed by atoms with Gasteiger partial charge in [0.15, 0.2) is 5.78 Å². The molecule has 42 heavy (non-hydrogen) atoms. The van der Waals surface area contributed by atoms with Crippen LogP contribution in [0, 0.1) is 23.2 Å². The van der Waals surface area contributed by atoms with E-state index in [1.807, 2.05) is 47.6 Å². The molecule has 0 aromatic rings. The molecule has 0 radical (unpaired) electrons. The lowest BCUT2D eigenvalue weighted by atomic mass is 9.61. The molecule has 3 aliphatic carbocycles. The normalized spacial score (nSPS) is 32.0. The van der Waals surface area contributed by atoms with Crippen LogP contribution >= 0.6 is 7.60 Å². The molecular weight excluding hydrogens is 547 g/mol. The van der Waals surface area contributed by atoms with Crippen molar-refractivity contribution in [2.24, 2.45) is 23.2 Å². The summed E-state index contributed by atoms with van der Waals surface area (Å²) in [5, 5.41) is 19.2. The molecule has 0 aliphatic heterocycles. The fraction of sp³-hybridized carbons (Fsp3) is 0.743. The minimum Gasteiger partial charge on any atom is -0.393 e. The first-order chi connectivity index (χ1) is 19.6. The third-order valence-corrected chi connectivity index (χ3v) is 13.6. The Bertz CT molecular complexity index is 1100. The minimum absolute atomic E-state index is 0.126. The van der Waals surface area contributed by atoms with Crippen molar-refractivity contribution in [2.45, 2.75) is 143 Å². The summed E-state index contributed by atoms with van der Waals surface area (Å²) in [5.74, 6) is 0.917. The lowest BCUT2D eigenvalue weighted by Gasteiger charge is -2.44. The van der Waals surface area contributed by atoms with E-state index in [1.165, 1.54) is 5.57 Å². The van der Waals surface area contributed by atoms with Gasteiger partial charge in [-0.2, -0.15) is 0 Å². The second-order valence-corrected chi connectivity index (χ2v) is 16.1. The molecule has 0 aromatic carbocycles. The van der Waals surface area contributed by atoms with Crippen LogP contribution in [0.2, 0.25) is 0 Å². The molecule has 3 saturated carbocycles. The average molecular weight is 605 g/mol. The molecule has 3 rings (SSSR count). The van der Waals surface area contributed by atoms with Gasteiger partial charge in [-0.25, -0.2) is 0 Å². The van der Waals surface area contributed by atoms with Crippen LogP contribution in [-0.2, 0) is 18.4 Å². The second kappa shape index (κ2) is 14.2. The van der Waals surface area contributed by atoms with E-state index in [9.17, 15) is 19.6 Å². The first kappa shape index (κ1) is 35.2. The van der Waals surface area contributed by atoms with E-state index in [4.69, 9.17) is 9.05 Å². The van der Waals surface area contributed by atoms with Crippen LogP contribution < -0.4 is 0 Å². The van der Waals surface area contributed by atoms with Crippen molar-refractivity contribution in [3.63, 3.8) is 0 Å². The highest BCUT2D eigenvalue weighted by Crippen LogP contribution is 2.65. The Balaban J connectivity index is 1.83. The molecule has 0 aromatic heterocycles. The summed E-state index contributed by atoms with van der Waals surface area (Å²) in [5.41, 5.74) is 3.24. The Labute approximate surface area is 255 Å². The quantitative estimate of drug-likeness (QED) is 0.171. The summed E-state index contributed by atoms with van der Waals surface area (Å²) in [6, 6.07) is 0. The van der Waals surface area contributed by atoms with E-state index in [0.29, 0.717) is 37.5 Å². The van der Waals surface area contributed by atoms with E-state index >= 15 is 0 Å². The Kier molecular flexibility index (Phi) is 11.9. The fourth-order valence-corrected chi connectivity index (χ4v) is 10.7. The number of hydrogen-bond donors (Lipinski definition) is 2. The lowest BCUT2D eigenvalue weighted by Crippen LogP contribution is -2.39. The van der Waals surface area contributed by atoms with Gasteiger partial charge in [-0.3, -0.25) is 9.36 Å². The van der Waals surface area contributed by atoms with Crippen molar-refractivity contribution in [1.82, 2.24) is 0 Å². The summed E-state index contributed by atoms with van der Waals surface area (Å²) < 4.78 is 26.1. The van der Waals surface area contributed by atoms with Crippen molar-refractivity contribution in [3.8, 4) is 0 Å². The van der Waals surface area contributed by atoms with Crippen molar-refractivity contribution in [3.05, 3.63) is 47.6 Å². The van der Waals surface area contributed by atoms with Crippen LogP contribution in [0.5, 0.6) is 0 Å². The average Bonchev–Trinajstić information content (AvgIpc) is 3.26. The molecule has 1 unspecified atom stereocenters. The Hall–Kier alpha value is -1.30. The molecule has 0 saturated heterocycles. The minimum atomic E-state index is -3.74. The van der Waals surface area contributed by atoms with Gasteiger partial charge in [-0.05, 0) is 119 Å². The van der Waals surface area contributed by atoms with Gasteiger partial charge in [0.2, 0.25) is 0 Å². The third-order valence-electron chi connectivity index (χ3n) is 10.3. The fourth-order valence-electron chi connectivity index (χ4n) is 8.04. The molecule has 3 aliphatic rings. The van der Waals surface area contributed by atoms with Gasteiger partial charge >= 0.3 is 7.60 Å². The summed E-state index contributed by atoms with van der Waals surface area (Å²) in [6.07, 6.45) is 13.4. The largest absolute Gasteiger partial charge is 0.393 e. The maximum atomic E-state index is 14.2. The first-order valence-corrected chi connectivity index (χ1v) is 17.8. The highest BCUT2D eigenvalue weighted by Gasteiger charge is 2.54. The maximum absolute atomic E-state index is 14.2.